The summed E-state index contributed by atoms with van der Waals surface area (Å²) in [6.45, 7) is 9.82. The Kier molecular flexibility index (Phi) is 7.36. The molecule has 0 bridgehead atoms. The van der Waals surface area contributed by atoms with Crippen LogP contribution >= 0.6 is 0 Å². The number of nitrogen functional groups attached to an aromatic ring is 1. The van der Waals surface area contributed by atoms with Crippen molar-refractivity contribution >= 4 is 11.7 Å². The number of hydrogen-bond acceptors (Lipinski definition) is 5. The summed E-state index contributed by atoms with van der Waals surface area (Å²) in [6, 6.07) is 5.67. The Labute approximate surface area is 139 Å². The predicted octanol–water partition coefficient (Wildman–Crippen LogP) is 3.01. The molecule has 0 radical (unpaired) electrons. The van der Waals surface area contributed by atoms with Gasteiger partial charge in [-0.3, -0.25) is 4.79 Å². The van der Waals surface area contributed by atoms with Crippen LogP contribution in [0, 0.1) is 6.92 Å². The first-order chi connectivity index (χ1) is 10.7. The van der Waals surface area contributed by atoms with Crippen LogP contribution in [0.2, 0.25) is 0 Å². The van der Waals surface area contributed by atoms with Crippen LogP contribution in [0.15, 0.2) is 18.2 Å². The average molecular weight is 322 g/mol. The van der Waals surface area contributed by atoms with Crippen molar-refractivity contribution < 1.29 is 14.3 Å². The summed E-state index contributed by atoms with van der Waals surface area (Å²) in [5.41, 5.74) is 7.13. The van der Waals surface area contributed by atoms with E-state index < -0.39 is 5.60 Å². The van der Waals surface area contributed by atoms with Crippen molar-refractivity contribution in [3.05, 3.63) is 23.8 Å². The molecule has 0 aliphatic rings. The van der Waals surface area contributed by atoms with Gasteiger partial charge in [-0.1, -0.05) is 6.07 Å². The Balaban J connectivity index is 2.20. The Morgan fingerprint density at radius 1 is 1.26 bits per heavy atom. The first-order valence-electron chi connectivity index (χ1n) is 8.07. The molecule has 1 rings (SSSR count). The Hall–Kier alpha value is -1.75. The van der Waals surface area contributed by atoms with Gasteiger partial charge >= 0.3 is 5.97 Å². The van der Waals surface area contributed by atoms with Gasteiger partial charge in [-0.15, -0.1) is 0 Å². The molecule has 0 amide bonds. The summed E-state index contributed by atoms with van der Waals surface area (Å²) < 4.78 is 11.1. The molecule has 0 aliphatic heterocycles. The van der Waals surface area contributed by atoms with E-state index in [4.69, 9.17) is 15.2 Å². The highest BCUT2D eigenvalue weighted by molar-refractivity contribution is 5.70. The van der Waals surface area contributed by atoms with Crippen molar-refractivity contribution in [1.29, 1.82) is 0 Å². The molecule has 1 aromatic rings. The zero-order valence-corrected chi connectivity index (χ0v) is 15.0. The number of nitrogens with zero attached hydrogens (tertiary/aromatic N) is 1. The normalized spacial score (nSPS) is 11.6. The molecule has 23 heavy (non-hydrogen) atoms. The summed E-state index contributed by atoms with van der Waals surface area (Å²) >= 11 is 0. The van der Waals surface area contributed by atoms with Crippen LogP contribution in [0.5, 0.6) is 5.75 Å². The summed E-state index contributed by atoms with van der Waals surface area (Å²) in [5.74, 6) is 0.678. The number of esters is 1. The number of carbonyl (C=O) groups is 1. The van der Waals surface area contributed by atoms with Crippen LogP contribution in [-0.4, -0.2) is 43.2 Å². The number of hydrogen-bond donors (Lipinski definition) is 1. The summed E-state index contributed by atoms with van der Waals surface area (Å²) in [7, 11) is 2.00. The van der Waals surface area contributed by atoms with Crippen molar-refractivity contribution in [1.82, 2.24) is 4.90 Å². The van der Waals surface area contributed by atoms with Crippen LogP contribution < -0.4 is 10.5 Å². The van der Waals surface area contributed by atoms with Crippen LogP contribution in [0.4, 0.5) is 5.69 Å². The topological polar surface area (TPSA) is 64.8 Å². The maximum absolute atomic E-state index is 11.7. The van der Waals surface area contributed by atoms with Crippen molar-refractivity contribution in [3.8, 4) is 5.75 Å². The van der Waals surface area contributed by atoms with Gasteiger partial charge in [-0.25, -0.2) is 0 Å². The number of aryl methyl sites for hydroxylation is 1. The molecule has 5 heteroatoms. The van der Waals surface area contributed by atoms with E-state index in [0.29, 0.717) is 25.3 Å². The van der Waals surface area contributed by atoms with Gasteiger partial charge in [0.05, 0.1) is 13.0 Å². The van der Waals surface area contributed by atoms with E-state index in [-0.39, 0.29) is 5.97 Å². The zero-order chi connectivity index (χ0) is 17.5. The maximum Gasteiger partial charge on any atom is 0.307 e. The lowest BCUT2D eigenvalue weighted by Gasteiger charge is -2.21. The standard InChI is InChI=1S/C18H30N2O3/c1-14-7-8-15(19)13-16(14)22-12-6-10-20(5)11-9-17(21)23-18(2,3)4/h7-8,13H,6,9-12,19H2,1-5H3. The van der Waals surface area contributed by atoms with E-state index in [0.717, 1.165) is 24.3 Å². The average Bonchev–Trinajstić information content (AvgIpc) is 2.43. The molecular weight excluding hydrogens is 292 g/mol. The van der Waals surface area contributed by atoms with E-state index in [1.54, 1.807) is 0 Å². The summed E-state index contributed by atoms with van der Waals surface area (Å²) in [5, 5.41) is 0. The fourth-order valence-electron chi connectivity index (χ4n) is 2.08. The second-order valence-corrected chi connectivity index (χ2v) is 6.87. The first-order valence-corrected chi connectivity index (χ1v) is 8.07. The lowest BCUT2D eigenvalue weighted by atomic mass is 10.2. The predicted molar refractivity (Wildman–Crippen MR) is 93.7 cm³/mol. The SMILES string of the molecule is Cc1ccc(N)cc1OCCCN(C)CCC(=O)OC(C)(C)C. The molecule has 1 aromatic carbocycles. The van der Waals surface area contributed by atoms with Crippen LogP contribution in [0.25, 0.3) is 0 Å². The lowest BCUT2D eigenvalue weighted by Crippen LogP contribution is -2.28. The quantitative estimate of drug-likeness (QED) is 0.453. The third kappa shape index (κ3) is 8.45. The number of benzene rings is 1. The van der Waals surface area contributed by atoms with Gasteiger partial charge in [0.15, 0.2) is 0 Å². The first kappa shape index (κ1) is 19.3. The minimum absolute atomic E-state index is 0.156. The largest absolute Gasteiger partial charge is 0.493 e. The van der Waals surface area contributed by atoms with E-state index in [2.05, 4.69) is 4.90 Å². The molecule has 0 aliphatic carbocycles. The molecule has 0 heterocycles. The third-order valence-electron chi connectivity index (χ3n) is 3.27. The van der Waals surface area contributed by atoms with Gasteiger partial charge in [0.1, 0.15) is 11.4 Å². The molecule has 0 saturated carbocycles. The molecule has 0 fully saturated rings. The second-order valence-electron chi connectivity index (χ2n) is 6.87. The zero-order valence-electron chi connectivity index (χ0n) is 15.0. The van der Waals surface area contributed by atoms with Crippen molar-refractivity contribution in [2.45, 2.75) is 46.1 Å². The molecule has 5 nitrogen and oxygen atoms in total. The fraction of sp³-hybridized carbons (Fsp3) is 0.611. The van der Waals surface area contributed by atoms with Gasteiger partial charge in [0.25, 0.3) is 0 Å². The van der Waals surface area contributed by atoms with Gasteiger partial charge in [0.2, 0.25) is 0 Å². The minimum Gasteiger partial charge on any atom is -0.493 e. The smallest absolute Gasteiger partial charge is 0.307 e. The molecule has 130 valence electrons. The Morgan fingerprint density at radius 3 is 2.61 bits per heavy atom. The van der Waals surface area contributed by atoms with Gasteiger partial charge in [-0.2, -0.15) is 0 Å². The van der Waals surface area contributed by atoms with E-state index in [1.165, 1.54) is 0 Å². The monoisotopic (exact) mass is 322 g/mol. The highest BCUT2D eigenvalue weighted by Gasteiger charge is 2.16. The van der Waals surface area contributed by atoms with E-state index in [9.17, 15) is 4.79 Å². The molecule has 0 spiro atoms. The van der Waals surface area contributed by atoms with Crippen LogP contribution in [0.1, 0.15) is 39.2 Å². The molecule has 0 unspecified atom stereocenters. The van der Waals surface area contributed by atoms with Crippen molar-refractivity contribution in [2.24, 2.45) is 0 Å². The second kappa shape index (κ2) is 8.77. The van der Waals surface area contributed by atoms with E-state index in [1.807, 2.05) is 52.9 Å². The van der Waals surface area contributed by atoms with Crippen molar-refractivity contribution in [3.63, 3.8) is 0 Å². The fourth-order valence-corrected chi connectivity index (χ4v) is 2.08. The maximum atomic E-state index is 11.7. The highest BCUT2D eigenvalue weighted by atomic mass is 16.6. The Morgan fingerprint density at radius 2 is 1.96 bits per heavy atom. The van der Waals surface area contributed by atoms with Gasteiger partial charge < -0.3 is 20.1 Å². The molecule has 2 N–H and O–H groups in total. The Bertz CT molecular complexity index is 509. The lowest BCUT2D eigenvalue weighted by molar-refractivity contribution is -0.155. The van der Waals surface area contributed by atoms with Crippen molar-refractivity contribution in [2.75, 3.05) is 32.5 Å². The van der Waals surface area contributed by atoms with Gasteiger partial charge in [-0.05, 0) is 52.8 Å². The summed E-state index contributed by atoms with van der Waals surface area (Å²) in [4.78, 5) is 13.8. The van der Waals surface area contributed by atoms with Crippen LogP contribution in [0.3, 0.4) is 0 Å². The minimum atomic E-state index is -0.418. The molecule has 0 atom stereocenters. The highest BCUT2D eigenvalue weighted by Crippen LogP contribution is 2.20. The number of nitrogens with two attached hydrogens (primary N) is 1. The molecule has 0 saturated heterocycles. The summed E-state index contributed by atoms with van der Waals surface area (Å²) in [6.07, 6.45) is 1.29. The van der Waals surface area contributed by atoms with E-state index >= 15 is 0 Å². The number of anilines is 1. The number of ether oxygens (including phenoxy) is 2. The molecular formula is C18H30N2O3. The van der Waals surface area contributed by atoms with Gasteiger partial charge in [0, 0.05) is 24.8 Å². The number of carbonyl (C=O) groups excluding carboxylic acids is 1. The van der Waals surface area contributed by atoms with Crippen LogP contribution in [-0.2, 0) is 9.53 Å². The third-order valence-corrected chi connectivity index (χ3v) is 3.27. The number of rotatable bonds is 8. The molecule has 0 aromatic heterocycles.